The maximum absolute atomic E-state index is 3.40. The zero-order chi connectivity index (χ0) is 7.02. The maximum atomic E-state index is 3.40. The van der Waals surface area contributed by atoms with Crippen LogP contribution in [0.4, 0.5) is 0 Å². The maximum Gasteiger partial charge on any atom is 0.0293 e. The first-order chi connectivity index (χ1) is 4.13. The van der Waals surface area contributed by atoms with Crippen molar-refractivity contribution >= 4 is 0 Å². The van der Waals surface area contributed by atoms with Crippen molar-refractivity contribution in [3.8, 4) is 0 Å². The fourth-order valence-electron chi connectivity index (χ4n) is 1.30. The Morgan fingerprint density at radius 3 is 1.89 bits per heavy atom. The Kier molecular flexibility index (Phi) is 1.52. The quantitative estimate of drug-likeness (QED) is 0.521. The first kappa shape index (κ1) is 6.66. The van der Waals surface area contributed by atoms with Gasteiger partial charge in [-0.2, -0.15) is 0 Å². The summed E-state index contributed by atoms with van der Waals surface area (Å²) in [5.74, 6) is 0.727. The van der Waals surface area contributed by atoms with E-state index in [0.717, 1.165) is 5.92 Å². The van der Waals surface area contributed by atoms with Crippen molar-refractivity contribution in [1.29, 1.82) is 0 Å². The van der Waals surface area contributed by atoms with Gasteiger partial charge in [0.15, 0.2) is 0 Å². The van der Waals surface area contributed by atoms with E-state index in [1.54, 1.807) is 0 Å². The molecule has 52 valence electrons. The van der Waals surface area contributed by atoms with E-state index < -0.39 is 0 Å². The highest BCUT2D eigenvalue weighted by atomic mass is 14.9. The van der Waals surface area contributed by atoms with Crippen LogP contribution in [-0.4, -0.2) is 6.04 Å². The average Bonchev–Trinajstić information content (AvgIpc) is 1.98. The van der Waals surface area contributed by atoms with Crippen LogP contribution in [0.5, 0.6) is 0 Å². The van der Waals surface area contributed by atoms with Crippen molar-refractivity contribution in [1.82, 2.24) is 5.32 Å². The highest BCUT2D eigenvalue weighted by Crippen LogP contribution is 2.23. The van der Waals surface area contributed by atoms with Crippen LogP contribution < -0.4 is 5.32 Å². The second-order valence-electron chi connectivity index (χ2n) is 3.03. The topological polar surface area (TPSA) is 12.0 Å². The molecule has 0 radical (unpaired) electrons. The van der Waals surface area contributed by atoms with Crippen LogP contribution in [0, 0.1) is 5.92 Å². The van der Waals surface area contributed by atoms with Crippen LogP contribution in [-0.2, 0) is 0 Å². The van der Waals surface area contributed by atoms with Crippen molar-refractivity contribution < 1.29 is 0 Å². The van der Waals surface area contributed by atoms with E-state index in [2.05, 4.69) is 33.0 Å². The highest BCUT2D eigenvalue weighted by Gasteiger charge is 2.21. The molecule has 2 atom stereocenters. The molecular formula is C8H15N. The summed E-state index contributed by atoms with van der Waals surface area (Å²) in [5.41, 5.74) is 2.89. The third-order valence-electron chi connectivity index (χ3n) is 2.47. The van der Waals surface area contributed by atoms with Gasteiger partial charge in [-0.3, -0.25) is 0 Å². The number of hydrogen-bond donors (Lipinski definition) is 1. The molecule has 0 saturated carbocycles. The highest BCUT2D eigenvalue weighted by molar-refractivity contribution is 5.19. The van der Waals surface area contributed by atoms with Gasteiger partial charge in [-0.05, 0) is 32.3 Å². The third kappa shape index (κ3) is 0.958. The first-order valence-electron chi connectivity index (χ1n) is 3.57. The minimum Gasteiger partial charge on any atom is -0.386 e. The first-order valence-corrected chi connectivity index (χ1v) is 3.57. The van der Waals surface area contributed by atoms with Gasteiger partial charge >= 0.3 is 0 Å². The molecule has 0 bridgehead atoms. The molecule has 1 rings (SSSR count). The predicted molar refractivity (Wildman–Crippen MR) is 40.1 cm³/mol. The smallest absolute Gasteiger partial charge is 0.0293 e. The minimum absolute atomic E-state index is 0.644. The third-order valence-corrected chi connectivity index (χ3v) is 2.47. The van der Waals surface area contributed by atoms with Gasteiger partial charge in [0.05, 0.1) is 0 Å². The van der Waals surface area contributed by atoms with Crippen molar-refractivity contribution in [2.45, 2.75) is 33.7 Å². The van der Waals surface area contributed by atoms with Gasteiger partial charge in [0.25, 0.3) is 0 Å². The largest absolute Gasteiger partial charge is 0.386 e. The molecule has 0 saturated heterocycles. The molecule has 0 aromatic rings. The van der Waals surface area contributed by atoms with Crippen molar-refractivity contribution in [2.75, 3.05) is 0 Å². The number of nitrogens with one attached hydrogen (secondary N) is 1. The van der Waals surface area contributed by atoms with Gasteiger partial charge in [-0.1, -0.05) is 6.92 Å². The lowest BCUT2D eigenvalue weighted by Gasteiger charge is -2.10. The minimum atomic E-state index is 0.644. The standard InChI is InChI=1S/C8H15N/c1-5-6(2)8(4)9-7(5)3/h5,7,9H,1-4H3/t5?,7-/m1/s1. The van der Waals surface area contributed by atoms with Crippen LogP contribution in [0.3, 0.4) is 0 Å². The fraction of sp³-hybridized carbons (Fsp3) is 0.750. The molecule has 0 aromatic heterocycles. The summed E-state index contributed by atoms with van der Waals surface area (Å²) in [4.78, 5) is 0. The molecule has 1 N–H and O–H groups in total. The number of rotatable bonds is 0. The lowest BCUT2D eigenvalue weighted by Crippen LogP contribution is -2.22. The second-order valence-corrected chi connectivity index (χ2v) is 3.03. The molecule has 0 spiro atoms. The number of hydrogen-bond acceptors (Lipinski definition) is 1. The fourth-order valence-corrected chi connectivity index (χ4v) is 1.30. The molecule has 1 heterocycles. The van der Waals surface area contributed by atoms with Gasteiger partial charge in [-0.25, -0.2) is 0 Å². The lowest BCUT2D eigenvalue weighted by molar-refractivity contribution is 0.535. The Hall–Kier alpha value is -0.460. The Morgan fingerprint density at radius 1 is 1.22 bits per heavy atom. The van der Waals surface area contributed by atoms with Crippen LogP contribution in [0.1, 0.15) is 27.7 Å². The average molecular weight is 125 g/mol. The monoisotopic (exact) mass is 125 g/mol. The van der Waals surface area contributed by atoms with Gasteiger partial charge < -0.3 is 5.32 Å². The number of allylic oxidation sites excluding steroid dienone is 1. The molecule has 1 aliphatic rings. The summed E-state index contributed by atoms with van der Waals surface area (Å²) in [5, 5.41) is 3.40. The predicted octanol–water partition coefficient (Wildman–Crippen LogP) is 1.91. The molecule has 1 heteroatoms. The lowest BCUT2D eigenvalue weighted by atomic mass is 9.99. The van der Waals surface area contributed by atoms with Crippen LogP contribution in [0.25, 0.3) is 0 Å². The van der Waals surface area contributed by atoms with E-state index in [-0.39, 0.29) is 0 Å². The molecule has 1 aliphatic heterocycles. The molecule has 0 fully saturated rings. The summed E-state index contributed by atoms with van der Waals surface area (Å²) in [6.07, 6.45) is 0. The summed E-state index contributed by atoms with van der Waals surface area (Å²) in [6.45, 7) is 8.85. The van der Waals surface area contributed by atoms with Crippen molar-refractivity contribution in [3.05, 3.63) is 11.3 Å². The van der Waals surface area contributed by atoms with E-state index in [4.69, 9.17) is 0 Å². The zero-order valence-electron chi connectivity index (χ0n) is 6.65. The summed E-state index contributed by atoms with van der Waals surface area (Å²) < 4.78 is 0. The van der Waals surface area contributed by atoms with Crippen molar-refractivity contribution in [3.63, 3.8) is 0 Å². The Balaban J connectivity index is 2.74. The van der Waals surface area contributed by atoms with Crippen LogP contribution in [0.15, 0.2) is 11.3 Å². The van der Waals surface area contributed by atoms with E-state index in [9.17, 15) is 0 Å². The van der Waals surface area contributed by atoms with Gasteiger partial charge in [0, 0.05) is 11.7 Å². The normalized spacial score (nSPS) is 35.1. The van der Waals surface area contributed by atoms with Crippen LogP contribution in [0.2, 0.25) is 0 Å². The van der Waals surface area contributed by atoms with E-state index in [1.165, 1.54) is 11.3 Å². The molecule has 9 heavy (non-hydrogen) atoms. The molecule has 1 nitrogen and oxygen atoms in total. The van der Waals surface area contributed by atoms with Crippen LogP contribution >= 0.6 is 0 Å². The van der Waals surface area contributed by atoms with Gasteiger partial charge in [-0.15, -0.1) is 0 Å². The van der Waals surface area contributed by atoms with Gasteiger partial charge in [0.2, 0.25) is 0 Å². The molecule has 0 aromatic carbocycles. The van der Waals surface area contributed by atoms with E-state index in [1.807, 2.05) is 0 Å². The summed E-state index contributed by atoms with van der Waals surface area (Å²) in [6, 6.07) is 0.644. The SMILES string of the molecule is CC1=C(C)C(C)[C@@H](C)N1. The summed E-state index contributed by atoms with van der Waals surface area (Å²) >= 11 is 0. The van der Waals surface area contributed by atoms with Gasteiger partial charge in [0.1, 0.15) is 0 Å². The Bertz CT molecular complexity index is 147. The molecule has 0 aliphatic carbocycles. The van der Waals surface area contributed by atoms with E-state index in [0.29, 0.717) is 6.04 Å². The summed E-state index contributed by atoms with van der Waals surface area (Å²) in [7, 11) is 0. The molecule has 1 unspecified atom stereocenters. The molecular weight excluding hydrogens is 110 g/mol. The molecule has 0 amide bonds. The van der Waals surface area contributed by atoms with E-state index >= 15 is 0 Å². The second kappa shape index (κ2) is 2.05. The Labute approximate surface area is 57.1 Å². The van der Waals surface area contributed by atoms with Crippen molar-refractivity contribution in [2.24, 2.45) is 5.92 Å². The zero-order valence-corrected chi connectivity index (χ0v) is 6.65. The Morgan fingerprint density at radius 2 is 1.78 bits per heavy atom.